The summed E-state index contributed by atoms with van der Waals surface area (Å²) in [5, 5.41) is 0. The Labute approximate surface area is 72.4 Å². The van der Waals surface area contributed by atoms with Gasteiger partial charge in [-0.25, -0.2) is 0 Å². The van der Waals surface area contributed by atoms with Crippen LogP contribution in [0.1, 0.15) is 32.6 Å². The van der Waals surface area contributed by atoms with Gasteiger partial charge >= 0.3 is 72.0 Å². The quantitative estimate of drug-likeness (QED) is 0.614. The standard InChI is InChI=1S/C9H13.V/c1-2-3-6-9-7-4-5-8-9;/h4,7H,2-3,5-6H2,1H3;. The molecule has 1 heteroatoms. The van der Waals surface area contributed by atoms with Gasteiger partial charge in [0.05, 0.1) is 0 Å². The Morgan fingerprint density at radius 1 is 1.60 bits per heavy atom. The topological polar surface area (TPSA) is 0 Å². The van der Waals surface area contributed by atoms with Crippen LogP contribution in [0.2, 0.25) is 0 Å². The molecular weight excluding hydrogens is 159 g/mol. The zero-order valence-corrected chi connectivity index (χ0v) is 7.83. The van der Waals surface area contributed by atoms with E-state index in [1.165, 1.54) is 30.0 Å². The third-order valence-electron chi connectivity index (χ3n) is 1.80. The molecule has 0 radical (unpaired) electrons. The first kappa shape index (κ1) is 8.16. The molecule has 0 fully saturated rings. The van der Waals surface area contributed by atoms with Gasteiger partial charge in [0, 0.05) is 0 Å². The first-order valence-corrected chi connectivity index (χ1v) is 4.62. The second-order valence-corrected chi connectivity index (χ2v) is 3.52. The molecule has 1 aliphatic carbocycles. The number of rotatable bonds is 3. The van der Waals surface area contributed by atoms with Crippen molar-refractivity contribution >= 4 is 0 Å². The van der Waals surface area contributed by atoms with Crippen molar-refractivity contribution in [2.45, 2.75) is 32.6 Å². The van der Waals surface area contributed by atoms with Gasteiger partial charge in [0.1, 0.15) is 0 Å². The molecule has 0 amide bonds. The SMILES string of the molecule is CCCCC1=[C]([V])CC=C1. The van der Waals surface area contributed by atoms with Crippen molar-refractivity contribution in [2.24, 2.45) is 0 Å². The fourth-order valence-corrected chi connectivity index (χ4v) is 1.59. The molecule has 0 saturated carbocycles. The Hall–Kier alpha value is 0.0644. The summed E-state index contributed by atoms with van der Waals surface area (Å²) in [5.74, 6) is 0. The Kier molecular flexibility index (Phi) is 3.31. The van der Waals surface area contributed by atoms with Gasteiger partial charge in [-0.3, -0.25) is 0 Å². The van der Waals surface area contributed by atoms with E-state index in [2.05, 4.69) is 36.5 Å². The Morgan fingerprint density at radius 2 is 2.40 bits per heavy atom. The molecule has 0 saturated heterocycles. The summed E-state index contributed by atoms with van der Waals surface area (Å²) in [7, 11) is 0. The van der Waals surface area contributed by atoms with Crippen molar-refractivity contribution in [3.8, 4) is 0 Å². The van der Waals surface area contributed by atoms with Crippen molar-refractivity contribution in [3.63, 3.8) is 0 Å². The predicted octanol–water partition coefficient (Wildman–Crippen LogP) is 2.94. The van der Waals surface area contributed by atoms with E-state index in [0.29, 0.717) is 0 Å². The summed E-state index contributed by atoms with van der Waals surface area (Å²) >= 11 is 2.68. The molecule has 0 N–H and O–H groups in total. The molecule has 54 valence electrons. The minimum atomic E-state index is 1.17. The molecule has 0 nitrogen and oxygen atoms in total. The molecule has 0 bridgehead atoms. The van der Waals surface area contributed by atoms with Gasteiger partial charge in [0.15, 0.2) is 0 Å². The summed E-state index contributed by atoms with van der Waals surface area (Å²) in [4.78, 5) is 0. The monoisotopic (exact) mass is 172 g/mol. The molecule has 0 heterocycles. The molecule has 0 aromatic heterocycles. The van der Waals surface area contributed by atoms with E-state index in [9.17, 15) is 0 Å². The van der Waals surface area contributed by atoms with Crippen LogP contribution in [0.4, 0.5) is 0 Å². The van der Waals surface area contributed by atoms with Crippen LogP contribution in [-0.2, 0) is 17.4 Å². The molecule has 0 aromatic rings. The van der Waals surface area contributed by atoms with Gasteiger partial charge in [-0.15, -0.1) is 0 Å². The summed E-state index contributed by atoms with van der Waals surface area (Å²) in [5.41, 5.74) is 1.56. The van der Waals surface area contributed by atoms with Crippen LogP contribution in [-0.4, -0.2) is 0 Å². The van der Waals surface area contributed by atoms with Crippen molar-refractivity contribution in [1.82, 2.24) is 0 Å². The molecule has 0 atom stereocenters. The van der Waals surface area contributed by atoms with Gasteiger partial charge in [0.25, 0.3) is 0 Å². The Morgan fingerprint density at radius 3 is 2.90 bits per heavy atom. The second kappa shape index (κ2) is 4.05. The molecular formula is C9H13V. The van der Waals surface area contributed by atoms with E-state index < -0.39 is 0 Å². The third kappa shape index (κ3) is 2.03. The van der Waals surface area contributed by atoms with E-state index in [4.69, 9.17) is 0 Å². The van der Waals surface area contributed by atoms with Gasteiger partial charge in [-0.1, -0.05) is 0 Å². The number of unbranched alkanes of at least 4 members (excludes halogenated alkanes) is 1. The fourth-order valence-electron chi connectivity index (χ4n) is 1.13. The average Bonchev–Trinajstić information content (AvgIpc) is 2.31. The van der Waals surface area contributed by atoms with Gasteiger partial charge < -0.3 is 0 Å². The third-order valence-corrected chi connectivity index (χ3v) is 2.53. The Balaban J connectivity index is 2.38. The van der Waals surface area contributed by atoms with E-state index in [1.54, 1.807) is 5.57 Å². The normalized spacial score (nSPS) is 16.9. The summed E-state index contributed by atoms with van der Waals surface area (Å²) in [6, 6.07) is 0. The van der Waals surface area contributed by atoms with Gasteiger partial charge in [-0.2, -0.15) is 0 Å². The van der Waals surface area contributed by atoms with Crippen molar-refractivity contribution < 1.29 is 17.4 Å². The molecule has 0 aromatic carbocycles. The van der Waals surface area contributed by atoms with Crippen molar-refractivity contribution in [1.29, 1.82) is 0 Å². The van der Waals surface area contributed by atoms with Crippen LogP contribution >= 0.6 is 0 Å². The molecule has 0 unspecified atom stereocenters. The maximum absolute atomic E-state index is 2.68. The van der Waals surface area contributed by atoms with E-state index >= 15 is 0 Å². The fraction of sp³-hybridized carbons (Fsp3) is 0.556. The zero-order valence-electron chi connectivity index (χ0n) is 6.43. The van der Waals surface area contributed by atoms with Crippen molar-refractivity contribution in [3.05, 3.63) is 22.0 Å². The van der Waals surface area contributed by atoms with Crippen LogP contribution in [0.15, 0.2) is 22.0 Å². The van der Waals surface area contributed by atoms with Crippen LogP contribution in [0.25, 0.3) is 0 Å². The first-order chi connectivity index (χ1) is 4.84. The predicted molar refractivity (Wildman–Crippen MR) is 40.3 cm³/mol. The van der Waals surface area contributed by atoms with Gasteiger partial charge in [-0.05, 0) is 0 Å². The van der Waals surface area contributed by atoms with Crippen LogP contribution in [0, 0.1) is 0 Å². The first-order valence-electron chi connectivity index (χ1n) is 3.92. The second-order valence-electron chi connectivity index (χ2n) is 2.68. The minimum absolute atomic E-state index is 1.17. The molecule has 0 aliphatic heterocycles. The average molecular weight is 172 g/mol. The van der Waals surface area contributed by atoms with E-state index in [-0.39, 0.29) is 0 Å². The number of allylic oxidation sites excluding steroid dienone is 4. The van der Waals surface area contributed by atoms with Crippen LogP contribution in [0.5, 0.6) is 0 Å². The van der Waals surface area contributed by atoms with E-state index in [0.717, 1.165) is 0 Å². The summed E-state index contributed by atoms with van der Waals surface area (Å²) < 4.78 is 1.51. The molecule has 0 spiro atoms. The molecule has 1 aliphatic rings. The number of hydrogen-bond acceptors (Lipinski definition) is 0. The van der Waals surface area contributed by atoms with Crippen LogP contribution < -0.4 is 0 Å². The Bertz CT molecular complexity index is 166. The van der Waals surface area contributed by atoms with Gasteiger partial charge in [0.2, 0.25) is 0 Å². The van der Waals surface area contributed by atoms with Crippen LogP contribution in [0.3, 0.4) is 0 Å². The molecule has 1 rings (SSSR count). The zero-order chi connectivity index (χ0) is 7.40. The van der Waals surface area contributed by atoms with E-state index in [1.807, 2.05) is 0 Å². The van der Waals surface area contributed by atoms with Crippen molar-refractivity contribution in [2.75, 3.05) is 0 Å². The molecule has 10 heavy (non-hydrogen) atoms. The summed E-state index contributed by atoms with van der Waals surface area (Å²) in [6.45, 7) is 2.24. The summed E-state index contributed by atoms with van der Waals surface area (Å²) in [6.07, 6.45) is 9.59. The maximum atomic E-state index is 2.68. The number of hydrogen-bond donors (Lipinski definition) is 0.